The summed E-state index contributed by atoms with van der Waals surface area (Å²) in [5.74, 6) is 0.983. The van der Waals surface area contributed by atoms with Crippen molar-refractivity contribution in [2.24, 2.45) is 5.92 Å². The van der Waals surface area contributed by atoms with Crippen LogP contribution < -0.4 is 0 Å². The first-order valence-electron chi connectivity index (χ1n) is 14.6. The number of hydrogen-bond donors (Lipinski definition) is 0. The van der Waals surface area contributed by atoms with E-state index in [1.54, 1.807) is 17.2 Å². The van der Waals surface area contributed by atoms with Gasteiger partial charge in [0.2, 0.25) is 0 Å². The lowest BCUT2D eigenvalue weighted by atomic mass is 9.88. The minimum absolute atomic E-state index is 0.00759. The quantitative estimate of drug-likeness (QED) is 0.341. The largest absolute Gasteiger partial charge is 0.350 e. The summed E-state index contributed by atoms with van der Waals surface area (Å²) < 4.78 is 27.9. The van der Waals surface area contributed by atoms with Gasteiger partial charge in [0.1, 0.15) is 11.6 Å². The standard InChI is InChI=1S/C31H42FN5O3/c1-7-36(20(4)5)31(38)25-14-23(32)8-9-24(25)30-28-15-33-21(6)37(28)18-26(34-30)22-16-35(17-22)27(19(2)3)10-11-29-39-12-13-40-29/h8-9,14-15,18-20,22,27,29H,7,10-13,16-17H2,1-6H3. The minimum atomic E-state index is -0.438. The number of rotatable bonds is 10. The summed E-state index contributed by atoms with van der Waals surface area (Å²) in [7, 11) is 0. The van der Waals surface area contributed by atoms with Gasteiger partial charge in [-0.2, -0.15) is 0 Å². The number of carbonyl (C=O) groups excluding carboxylic acids is 1. The van der Waals surface area contributed by atoms with Crippen LogP contribution in [0.25, 0.3) is 16.8 Å². The van der Waals surface area contributed by atoms with Crippen molar-refractivity contribution in [3.05, 3.63) is 53.5 Å². The number of aryl methyl sites for hydroxylation is 1. The number of aromatic nitrogens is 3. The molecule has 5 rings (SSSR count). The Morgan fingerprint density at radius 2 is 1.90 bits per heavy atom. The van der Waals surface area contributed by atoms with E-state index in [0.29, 0.717) is 48.5 Å². The molecule has 0 aliphatic carbocycles. The molecule has 216 valence electrons. The summed E-state index contributed by atoms with van der Waals surface area (Å²) in [5, 5.41) is 0. The number of benzene rings is 1. The monoisotopic (exact) mass is 551 g/mol. The van der Waals surface area contributed by atoms with Crippen LogP contribution >= 0.6 is 0 Å². The number of likely N-dealkylation sites (tertiary alicyclic amines) is 1. The lowest BCUT2D eigenvalue weighted by Gasteiger charge is -2.46. The Labute approximate surface area is 236 Å². The number of hydrogen-bond acceptors (Lipinski definition) is 6. The number of carbonyl (C=O) groups is 1. The van der Waals surface area contributed by atoms with E-state index in [1.807, 2.05) is 32.1 Å². The van der Waals surface area contributed by atoms with Crippen molar-refractivity contribution in [1.82, 2.24) is 24.2 Å². The Hall–Kier alpha value is -2.88. The average molecular weight is 552 g/mol. The smallest absolute Gasteiger partial charge is 0.254 e. The lowest BCUT2D eigenvalue weighted by Crippen LogP contribution is -2.53. The van der Waals surface area contributed by atoms with Crippen LogP contribution in [0.15, 0.2) is 30.6 Å². The summed E-state index contributed by atoms with van der Waals surface area (Å²) in [6, 6.07) is 4.86. The molecule has 2 fully saturated rings. The highest BCUT2D eigenvalue weighted by Crippen LogP contribution is 2.35. The molecule has 2 saturated heterocycles. The van der Waals surface area contributed by atoms with Gasteiger partial charge in [-0.25, -0.2) is 14.4 Å². The Bertz CT molecular complexity index is 1340. The maximum absolute atomic E-state index is 14.5. The van der Waals surface area contributed by atoms with E-state index in [2.05, 4.69) is 29.9 Å². The van der Waals surface area contributed by atoms with Crippen molar-refractivity contribution in [1.29, 1.82) is 0 Å². The van der Waals surface area contributed by atoms with E-state index in [0.717, 1.165) is 43.0 Å². The van der Waals surface area contributed by atoms with E-state index in [-0.39, 0.29) is 24.2 Å². The fourth-order valence-corrected chi connectivity index (χ4v) is 6.12. The van der Waals surface area contributed by atoms with E-state index in [1.165, 1.54) is 12.1 Å². The van der Waals surface area contributed by atoms with E-state index < -0.39 is 5.82 Å². The number of imidazole rings is 1. The van der Waals surface area contributed by atoms with Crippen LogP contribution in [0.1, 0.15) is 75.3 Å². The number of nitrogens with zero attached hydrogens (tertiary/aromatic N) is 5. The van der Waals surface area contributed by atoms with Gasteiger partial charge in [0.15, 0.2) is 6.29 Å². The number of fused-ring (bicyclic) bond motifs is 1. The molecule has 1 unspecified atom stereocenters. The van der Waals surface area contributed by atoms with Crippen molar-refractivity contribution < 1.29 is 18.7 Å². The predicted octanol–water partition coefficient (Wildman–Crippen LogP) is 5.29. The van der Waals surface area contributed by atoms with Crippen molar-refractivity contribution in [2.75, 3.05) is 32.8 Å². The average Bonchev–Trinajstić information content (AvgIpc) is 3.54. The molecule has 0 saturated carbocycles. The molecule has 3 aromatic rings. The van der Waals surface area contributed by atoms with Crippen molar-refractivity contribution >= 4 is 11.4 Å². The zero-order valence-corrected chi connectivity index (χ0v) is 24.6. The molecule has 8 nitrogen and oxygen atoms in total. The van der Waals surface area contributed by atoms with Crippen molar-refractivity contribution in [3.8, 4) is 11.3 Å². The number of amides is 1. The van der Waals surface area contributed by atoms with Gasteiger partial charge in [-0.05, 0) is 64.7 Å². The molecule has 0 N–H and O–H groups in total. The Morgan fingerprint density at radius 1 is 1.18 bits per heavy atom. The molecule has 4 heterocycles. The molecule has 1 amide bonds. The molecular weight excluding hydrogens is 509 g/mol. The Balaban J connectivity index is 1.45. The zero-order chi connectivity index (χ0) is 28.6. The van der Waals surface area contributed by atoms with Crippen molar-refractivity contribution in [2.45, 2.75) is 78.7 Å². The number of ether oxygens (including phenoxy) is 2. The highest BCUT2D eigenvalue weighted by molar-refractivity contribution is 6.02. The highest BCUT2D eigenvalue weighted by atomic mass is 19.1. The first-order chi connectivity index (χ1) is 19.2. The summed E-state index contributed by atoms with van der Waals surface area (Å²) in [5.41, 5.74) is 3.39. The van der Waals surface area contributed by atoms with Crippen LogP contribution in [0, 0.1) is 18.7 Å². The van der Waals surface area contributed by atoms with Crippen LogP contribution in [-0.2, 0) is 9.47 Å². The lowest BCUT2D eigenvalue weighted by molar-refractivity contribution is -0.0564. The minimum Gasteiger partial charge on any atom is -0.350 e. The van der Waals surface area contributed by atoms with Crippen LogP contribution in [0.2, 0.25) is 0 Å². The number of halogens is 1. The summed E-state index contributed by atoms with van der Waals surface area (Å²) in [6.07, 6.45) is 5.71. The topological polar surface area (TPSA) is 72.2 Å². The molecule has 0 bridgehead atoms. The molecule has 2 aliphatic heterocycles. The molecule has 9 heteroatoms. The van der Waals surface area contributed by atoms with Crippen molar-refractivity contribution in [3.63, 3.8) is 0 Å². The molecule has 2 aliphatic rings. The normalized spacial score (nSPS) is 17.7. The predicted molar refractivity (Wildman–Crippen MR) is 153 cm³/mol. The van der Waals surface area contributed by atoms with Gasteiger partial charge in [0.05, 0.1) is 41.9 Å². The van der Waals surface area contributed by atoms with Crippen LogP contribution in [-0.4, -0.2) is 81.3 Å². The zero-order valence-electron chi connectivity index (χ0n) is 24.6. The van der Waals surface area contributed by atoms with Gasteiger partial charge >= 0.3 is 0 Å². The molecule has 1 atom stereocenters. The summed E-state index contributed by atoms with van der Waals surface area (Å²) >= 11 is 0. The second kappa shape index (κ2) is 11.9. The first kappa shape index (κ1) is 28.6. The third-order valence-electron chi connectivity index (χ3n) is 8.37. The van der Waals surface area contributed by atoms with Gasteiger partial charge < -0.3 is 18.8 Å². The molecule has 1 aromatic carbocycles. The van der Waals surface area contributed by atoms with Gasteiger partial charge in [0, 0.05) is 49.4 Å². The molecular formula is C31H42FN5O3. The molecule has 0 spiro atoms. The third-order valence-corrected chi connectivity index (χ3v) is 8.37. The SMILES string of the molecule is CCN(C(=O)c1cc(F)ccc1-c1nc(C2CN(C(CCC3OCCO3)C(C)C)C2)cn2c(C)ncc12)C(C)C. The maximum atomic E-state index is 14.5. The van der Waals surface area contributed by atoms with E-state index >= 15 is 0 Å². The van der Waals surface area contributed by atoms with Crippen LogP contribution in [0.5, 0.6) is 0 Å². The van der Waals surface area contributed by atoms with Gasteiger partial charge in [-0.3, -0.25) is 9.69 Å². The van der Waals surface area contributed by atoms with Gasteiger partial charge in [-0.15, -0.1) is 0 Å². The van der Waals surface area contributed by atoms with Crippen LogP contribution in [0.4, 0.5) is 4.39 Å². The second-order valence-corrected chi connectivity index (χ2v) is 11.7. The third kappa shape index (κ3) is 5.64. The Kier molecular flexibility index (Phi) is 8.54. The fraction of sp³-hybridized carbons (Fsp3) is 0.581. The first-order valence-corrected chi connectivity index (χ1v) is 14.6. The maximum Gasteiger partial charge on any atom is 0.254 e. The van der Waals surface area contributed by atoms with E-state index in [9.17, 15) is 9.18 Å². The molecule has 2 aromatic heterocycles. The molecule has 0 radical (unpaired) electrons. The van der Waals surface area contributed by atoms with E-state index in [4.69, 9.17) is 14.5 Å². The summed E-state index contributed by atoms with van der Waals surface area (Å²) in [6.45, 7) is 16.1. The van der Waals surface area contributed by atoms with Gasteiger partial charge in [-0.1, -0.05) is 13.8 Å². The molecule has 40 heavy (non-hydrogen) atoms. The highest BCUT2D eigenvalue weighted by Gasteiger charge is 2.36. The van der Waals surface area contributed by atoms with Gasteiger partial charge in [0.25, 0.3) is 5.91 Å². The second-order valence-electron chi connectivity index (χ2n) is 11.7. The Morgan fingerprint density at radius 3 is 2.55 bits per heavy atom. The fourth-order valence-electron chi connectivity index (χ4n) is 6.12. The van der Waals surface area contributed by atoms with Crippen LogP contribution in [0.3, 0.4) is 0 Å². The summed E-state index contributed by atoms with van der Waals surface area (Å²) in [4.78, 5) is 27.6.